The number of pyridine rings is 1. The number of hydrogen-bond acceptors (Lipinski definition) is 4. The molecule has 3 aromatic heterocycles. The Balaban J connectivity index is 1.70. The number of hydrogen-bond donors (Lipinski definition) is 2. The molecule has 3 aromatic rings. The van der Waals surface area contributed by atoms with E-state index in [9.17, 15) is 4.79 Å². The summed E-state index contributed by atoms with van der Waals surface area (Å²) in [5, 5.41) is 13.9. The zero-order valence-corrected chi connectivity index (χ0v) is 12.2. The van der Waals surface area contributed by atoms with Gasteiger partial charge in [-0.3, -0.25) is 19.6 Å². The number of amides is 1. The summed E-state index contributed by atoms with van der Waals surface area (Å²) >= 11 is 0. The van der Waals surface area contributed by atoms with Crippen molar-refractivity contribution in [2.24, 2.45) is 0 Å². The van der Waals surface area contributed by atoms with Crippen LogP contribution in [0.15, 0.2) is 42.9 Å². The fraction of sp³-hybridized carbons (Fsp3) is 0.200. The Morgan fingerprint density at radius 2 is 2.14 bits per heavy atom. The normalized spacial score (nSPS) is 10.6. The van der Waals surface area contributed by atoms with Gasteiger partial charge in [-0.25, -0.2) is 0 Å². The SMILES string of the molecule is CCCn1ccc(C(=O)Nc2cc(-c3ccncc3)[nH]n2)n1. The van der Waals surface area contributed by atoms with Gasteiger partial charge in [-0.05, 0) is 24.6 Å². The average Bonchev–Trinajstić information content (AvgIpc) is 3.18. The second-order valence-electron chi connectivity index (χ2n) is 4.82. The molecule has 0 unspecified atom stereocenters. The minimum atomic E-state index is -0.275. The molecule has 3 heterocycles. The van der Waals surface area contributed by atoms with E-state index in [-0.39, 0.29) is 5.91 Å². The molecule has 0 spiro atoms. The standard InChI is InChI=1S/C15H16N6O/c1-2-8-21-9-5-12(20-21)15(22)17-14-10-13(18-19-14)11-3-6-16-7-4-11/h3-7,9-10H,2,8H2,1H3,(H2,17,18,19,22). The van der Waals surface area contributed by atoms with Gasteiger partial charge in [-0.1, -0.05) is 6.92 Å². The summed E-state index contributed by atoms with van der Waals surface area (Å²) in [7, 11) is 0. The van der Waals surface area contributed by atoms with Crippen molar-refractivity contribution in [2.75, 3.05) is 5.32 Å². The van der Waals surface area contributed by atoms with Crippen LogP contribution in [0.1, 0.15) is 23.8 Å². The van der Waals surface area contributed by atoms with Crippen LogP contribution in [0.25, 0.3) is 11.3 Å². The van der Waals surface area contributed by atoms with Gasteiger partial charge in [0, 0.05) is 36.8 Å². The van der Waals surface area contributed by atoms with Gasteiger partial charge >= 0.3 is 0 Å². The maximum absolute atomic E-state index is 12.1. The lowest BCUT2D eigenvalue weighted by atomic mass is 10.2. The van der Waals surface area contributed by atoms with Gasteiger partial charge < -0.3 is 5.32 Å². The van der Waals surface area contributed by atoms with E-state index >= 15 is 0 Å². The summed E-state index contributed by atoms with van der Waals surface area (Å²) in [6.07, 6.45) is 6.17. The van der Waals surface area contributed by atoms with Crippen LogP contribution in [-0.4, -0.2) is 30.9 Å². The molecule has 2 N–H and O–H groups in total. The van der Waals surface area contributed by atoms with Crippen LogP contribution in [0.5, 0.6) is 0 Å². The highest BCUT2D eigenvalue weighted by Gasteiger charge is 2.12. The number of aryl methyl sites for hydroxylation is 1. The monoisotopic (exact) mass is 296 g/mol. The van der Waals surface area contributed by atoms with E-state index in [1.165, 1.54) is 0 Å². The summed E-state index contributed by atoms with van der Waals surface area (Å²) in [5.41, 5.74) is 2.14. The van der Waals surface area contributed by atoms with Crippen LogP contribution < -0.4 is 5.32 Å². The number of nitrogens with zero attached hydrogens (tertiary/aromatic N) is 4. The zero-order chi connectivity index (χ0) is 15.4. The fourth-order valence-corrected chi connectivity index (χ4v) is 2.08. The smallest absolute Gasteiger partial charge is 0.277 e. The Morgan fingerprint density at radius 3 is 2.91 bits per heavy atom. The summed E-state index contributed by atoms with van der Waals surface area (Å²) in [4.78, 5) is 16.1. The molecular weight excluding hydrogens is 280 g/mol. The molecule has 7 heteroatoms. The minimum absolute atomic E-state index is 0.275. The second kappa shape index (κ2) is 6.21. The molecule has 22 heavy (non-hydrogen) atoms. The highest BCUT2D eigenvalue weighted by Crippen LogP contribution is 2.18. The van der Waals surface area contributed by atoms with Gasteiger partial charge in [0.05, 0.1) is 5.69 Å². The third-order valence-corrected chi connectivity index (χ3v) is 3.14. The first-order valence-corrected chi connectivity index (χ1v) is 7.07. The van der Waals surface area contributed by atoms with Crippen molar-refractivity contribution < 1.29 is 4.79 Å². The molecule has 0 aromatic carbocycles. The Bertz CT molecular complexity index is 761. The van der Waals surface area contributed by atoms with Gasteiger partial charge in [0.15, 0.2) is 11.5 Å². The molecule has 0 radical (unpaired) electrons. The molecule has 0 saturated heterocycles. The van der Waals surface area contributed by atoms with E-state index in [2.05, 4.69) is 32.5 Å². The van der Waals surface area contributed by atoms with E-state index < -0.39 is 0 Å². The number of carbonyl (C=O) groups excluding carboxylic acids is 1. The Morgan fingerprint density at radius 1 is 1.32 bits per heavy atom. The van der Waals surface area contributed by atoms with Crippen molar-refractivity contribution in [1.29, 1.82) is 0 Å². The molecule has 0 bridgehead atoms. The first kappa shape index (κ1) is 14.0. The Labute approximate surface area is 127 Å². The molecule has 7 nitrogen and oxygen atoms in total. The first-order valence-electron chi connectivity index (χ1n) is 7.07. The molecule has 0 atom stereocenters. The average molecular weight is 296 g/mol. The Hall–Kier alpha value is -2.96. The fourth-order valence-electron chi connectivity index (χ4n) is 2.08. The van der Waals surface area contributed by atoms with Crippen LogP contribution >= 0.6 is 0 Å². The van der Waals surface area contributed by atoms with Crippen molar-refractivity contribution in [1.82, 2.24) is 25.0 Å². The second-order valence-corrected chi connectivity index (χ2v) is 4.82. The maximum Gasteiger partial charge on any atom is 0.277 e. The van der Waals surface area contributed by atoms with Crippen LogP contribution in [0.4, 0.5) is 5.82 Å². The predicted octanol–water partition coefficient (Wildman–Crippen LogP) is 2.33. The third kappa shape index (κ3) is 3.03. The first-order chi connectivity index (χ1) is 10.8. The molecular formula is C15H16N6O. The Kier molecular flexibility index (Phi) is 3.95. The third-order valence-electron chi connectivity index (χ3n) is 3.14. The van der Waals surface area contributed by atoms with Gasteiger partial charge in [-0.15, -0.1) is 0 Å². The van der Waals surface area contributed by atoms with Gasteiger partial charge in [0.2, 0.25) is 0 Å². The summed E-state index contributed by atoms with van der Waals surface area (Å²) in [6, 6.07) is 7.20. The summed E-state index contributed by atoms with van der Waals surface area (Å²) in [5.74, 6) is 0.185. The number of aromatic amines is 1. The molecule has 0 aliphatic heterocycles. The molecule has 0 saturated carbocycles. The molecule has 1 amide bonds. The molecule has 0 aliphatic carbocycles. The maximum atomic E-state index is 12.1. The van der Waals surface area contributed by atoms with E-state index in [0.29, 0.717) is 11.5 Å². The van der Waals surface area contributed by atoms with Crippen LogP contribution in [0.3, 0.4) is 0 Å². The lowest BCUT2D eigenvalue weighted by Gasteiger charge is -1.98. The van der Waals surface area contributed by atoms with Crippen molar-refractivity contribution in [3.8, 4) is 11.3 Å². The number of rotatable bonds is 5. The molecule has 112 valence electrons. The van der Waals surface area contributed by atoms with Gasteiger partial charge in [-0.2, -0.15) is 10.2 Å². The van der Waals surface area contributed by atoms with Crippen molar-refractivity contribution in [3.63, 3.8) is 0 Å². The lowest BCUT2D eigenvalue weighted by Crippen LogP contribution is -2.13. The highest BCUT2D eigenvalue weighted by molar-refractivity contribution is 6.02. The zero-order valence-electron chi connectivity index (χ0n) is 12.2. The molecule has 3 rings (SSSR count). The van der Waals surface area contributed by atoms with E-state index in [1.54, 1.807) is 35.4 Å². The van der Waals surface area contributed by atoms with Crippen LogP contribution in [0, 0.1) is 0 Å². The van der Waals surface area contributed by atoms with E-state index in [1.807, 2.05) is 12.1 Å². The lowest BCUT2D eigenvalue weighted by molar-refractivity contribution is 0.102. The highest BCUT2D eigenvalue weighted by atomic mass is 16.2. The van der Waals surface area contributed by atoms with Crippen LogP contribution in [0.2, 0.25) is 0 Å². The molecule has 0 aliphatic rings. The quantitative estimate of drug-likeness (QED) is 0.756. The number of nitrogens with one attached hydrogen (secondary N) is 2. The summed E-state index contributed by atoms with van der Waals surface area (Å²) < 4.78 is 1.75. The summed E-state index contributed by atoms with van der Waals surface area (Å²) in [6.45, 7) is 2.85. The number of aromatic nitrogens is 5. The number of carbonyl (C=O) groups is 1. The largest absolute Gasteiger partial charge is 0.304 e. The predicted molar refractivity (Wildman–Crippen MR) is 82.3 cm³/mol. The van der Waals surface area contributed by atoms with Crippen molar-refractivity contribution >= 4 is 11.7 Å². The topological polar surface area (TPSA) is 88.5 Å². The van der Waals surface area contributed by atoms with Gasteiger partial charge in [0.25, 0.3) is 5.91 Å². The van der Waals surface area contributed by atoms with Crippen molar-refractivity contribution in [2.45, 2.75) is 19.9 Å². The van der Waals surface area contributed by atoms with Crippen molar-refractivity contribution in [3.05, 3.63) is 48.5 Å². The number of H-pyrrole nitrogens is 1. The molecule has 0 fully saturated rings. The van der Waals surface area contributed by atoms with Gasteiger partial charge in [0.1, 0.15) is 0 Å². The van der Waals surface area contributed by atoms with E-state index in [4.69, 9.17) is 0 Å². The van der Waals surface area contributed by atoms with E-state index in [0.717, 1.165) is 24.2 Å². The van der Waals surface area contributed by atoms with Crippen LogP contribution in [-0.2, 0) is 6.54 Å². The number of anilines is 1. The minimum Gasteiger partial charge on any atom is -0.304 e.